The minimum atomic E-state index is 0.0840. The summed E-state index contributed by atoms with van der Waals surface area (Å²) in [5.41, 5.74) is 10.4. The first-order chi connectivity index (χ1) is 13.7. The van der Waals surface area contributed by atoms with Crippen LogP contribution in [0.2, 0.25) is 0 Å². The number of hydrogen-bond donors (Lipinski definition) is 1. The molecule has 0 aliphatic heterocycles. The molecule has 0 aliphatic carbocycles. The lowest BCUT2D eigenvalue weighted by Gasteiger charge is -2.09. The maximum atomic E-state index is 9.38. The zero-order chi connectivity index (χ0) is 19.1. The van der Waals surface area contributed by atoms with Crippen molar-refractivity contribution in [1.82, 2.24) is 24.6 Å². The van der Waals surface area contributed by atoms with Crippen molar-refractivity contribution in [3.63, 3.8) is 0 Å². The van der Waals surface area contributed by atoms with Gasteiger partial charge in [-0.25, -0.2) is 14.5 Å². The lowest BCUT2D eigenvalue weighted by atomic mass is 10.0. The molecule has 0 aliphatic rings. The van der Waals surface area contributed by atoms with Crippen molar-refractivity contribution in [2.45, 2.75) is 0 Å². The molecule has 0 atom stereocenters. The summed E-state index contributed by atoms with van der Waals surface area (Å²) < 4.78 is 1.76. The summed E-state index contributed by atoms with van der Waals surface area (Å²) in [6.45, 7) is 0. The third kappa shape index (κ3) is 2.52. The van der Waals surface area contributed by atoms with E-state index in [0.717, 1.165) is 22.0 Å². The Bertz CT molecular complexity index is 1360. The summed E-state index contributed by atoms with van der Waals surface area (Å²) in [5.74, 6) is 0.0840. The number of aromatic nitrogens is 5. The van der Waals surface area contributed by atoms with Gasteiger partial charge in [0.25, 0.3) is 0 Å². The normalized spacial score (nSPS) is 11.0. The third-order valence-corrected chi connectivity index (χ3v) is 4.52. The molecule has 132 valence electrons. The van der Waals surface area contributed by atoms with Gasteiger partial charge in [0, 0.05) is 23.3 Å². The first-order valence-corrected chi connectivity index (χ1v) is 8.60. The van der Waals surface area contributed by atoms with Gasteiger partial charge in [-0.15, -0.1) is 0 Å². The number of hydrogen-bond acceptors (Lipinski definition) is 6. The Balaban J connectivity index is 1.78. The summed E-state index contributed by atoms with van der Waals surface area (Å²) >= 11 is 0. The molecule has 0 saturated carbocycles. The highest BCUT2D eigenvalue weighted by atomic mass is 15.2. The average Bonchev–Trinajstić information content (AvgIpc) is 3.17. The van der Waals surface area contributed by atoms with Crippen LogP contribution < -0.4 is 5.73 Å². The molecule has 5 rings (SSSR count). The van der Waals surface area contributed by atoms with Crippen LogP contribution in [0.1, 0.15) is 5.69 Å². The fourth-order valence-electron chi connectivity index (χ4n) is 3.19. The summed E-state index contributed by atoms with van der Waals surface area (Å²) in [7, 11) is 0. The lowest BCUT2D eigenvalue weighted by Crippen LogP contribution is -2.03. The number of nitrogens with two attached hydrogens (primary N) is 1. The minimum Gasteiger partial charge on any atom is -0.381 e. The van der Waals surface area contributed by atoms with E-state index in [4.69, 9.17) is 5.73 Å². The van der Waals surface area contributed by atoms with Crippen LogP contribution in [-0.4, -0.2) is 24.6 Å². The molecule has 0 bridgehead atoms. The SMILES string of the molecule is N#Cc1nc(-c2ccc3ncccc3c2)c(-c2cc3ccccn3n2)nc1N. The van der Waals surface area contributed by atoms with E-state index in [9.17, 15) is 5.26 Å². The molecule has 7 nitrogen and oxygen atoms in total. The molecule has 0 saturated heterocycles. The largest absolute Gasteiger partial charge is 0.381 e. The van der Waals surface area contributed by atoms with Gasteiger partial charge in [-0.2, -0.15) is 10.4 Å². The van der Waals surface area contributed by atoms with E-state index >= 15 is 0 Å². The summed E-state index contributed by atoms with van der Waals surface area (Å²) in [6.07, 6.45) is 3.61. The van der Waals surface area contributed by atoms with Crippen molar-refractivity contribution in [2.75, 3.05) is 5.73 Å². The molecule has 0 unspecified atom stereocenters. The van der Waals surface area contributed by atoms with Crippen molar-refractivity contribution in [3.05, 3.63) is 72.7 Å². The van der Waals surface area contributed by atoms with Gasteiger partial charge < -0.3 is 5.73 Å². The zero-order valence-corrected chi connectivity index (χ0v) is 14.6. The van der Waals surface area contributed by atoms with Crippen LogP contribution in [0.25, 0.3) is 39.1 Å². The molecular weight excluding hydrogens is 350 g/mol. The number of nitrogens with zero attached hydrogens (tertiary/aromatic N) is 6. The Morgan fingerprint density at radius 3 is 2.75 bits per heavy atom. The van der Waals surface area contributed by atoms with E-state index < -0.39 is 0 Å². The standard InChI is InChI=1S/C21H13N7/c22-12-18-21(23)26-20(17-11-15-5-1-2-9-28(15)27-17)19(25-18)14-6-7-16-13(10-14)4-3-8-24-16/h1-11H,(H2,23,26). The van der Waals surface area contributed by atoms with Gasteiger partial charge in [-0.1, -0.05) is 18.2 Å². The fourth-order valence-corrected chi connectivity index (χ4v) is 3.19. The van der Waals surface area contributed by atoms with Crippen LogP contribution >= 0.6 is 0 Å². The van der Waals surface area contributed by atoms with Crippen molar-refractivity contribution in [2.24, 2.45) is 0 Å². The molecule has 5 aromatic rings. The topological polar surface area (TPSA) is 106 Å². The minimum absolute atomic E-state index is 0.0840. The summed E-state index contributed by atoms with van der Waals surface area (Å²) in [4.78, 5) is 13.3. The summed E-state index contributed by atoms with van der Waals surface area (Å²) in [6, 6.07) is 19.4. The number of nitrogen functional groups attached to an aromatic ring is 1. The Kier molecular flexibility index (Phi) is 3.49. The highest BCUT2D eigenvalue weighted by Crippen LogP contribution is 2.32. The second-order valence-corrected chi connectivity index (χ2v) is 6.28. The molecule has 1 aromatic carbocycles. The Morgan fingerprint density at radius 2 is 1.89 bits per heavy atom. The predicted molar refractivity (Wildman–Crippen MR) is 106 cm³/mol. The average molecular weight is 363 g/mol. The molecule has 0 spiro atoms. The van der Waals surface area contributed by atoms with Gasteiger partial charge in [-0.05, 0) is 36.4 Å². The van der Waals surface area contributed by atoms with E-state index in [1.807, 2.05) is 66.9 Å². The van der Waals surface area contributed by atoms with Gasteiger partial charge in [0.1, 0.15) is 17.5 Å². The maximum absolute atomic E-state index is 9.38. The van der Waals surface area contributed by atoms with E-state index in [2.05, 4.69) is 20.1 Å². The number of fused-ring (bicyclic) bond motifs is 2. The van der Waals surface area contributed by atoms with Crippen molar-refractivity contribution in [1.29, 1.82) is 5.26 Å². The third-order valence-electron chi connectivity index (χ3n) is 4.52. The first kappa shape index (κ1) is 15.9. The first-order valence-electron chi connectivity index (χ1n) is 8.60. The molecule has 0 fully saturated rings. The number of rotatable bonds is 2. The smallest absolute Gasteiger partial charge is 0.183 e. The van der Waals surface area contributed by atoms with Gasteiger partial charge in [0.15, 0.2) is 11.5 Å². The van der Waals surface area contributed by atoms with Crippen LogP contribution in [0.15, 0.2) is 67.0 Å². The van der Waals surface area contributed by atoms with Crippen LogP contribution in [0.3, 0.4) is 0 Å². The molecular formula is C21H13N7. The number of anilines is 1. The van der Waals surface area contributed by atoms with Gasteiger partial charge in [0.05, 0.1) is 16.7 Å². The lowest BCUT2D eigenvalue weighted by molar-refractivity contribution is 0.961. The van der Waals surface area contributed by atoms with E-state index in [1.165, 1.54) is 0 Å². The quantitative estimate of drug-likeness (QED) is 0.515. The van der Waals surface area contributed by atoms with Gasteiger partial charge in [-0.3, -0.25) is 4.98 Å². The molecule has 0 amide bonds. The van der Waals surface area contributed by atoms with Gasteiger partial charge in [0.2, 0.25) is 0 Å². The molecule has 28 heavy (non-hydrogen) atoms. The van der Waals surface area contributed by atoms with Crippen LogP contribution in [-0.2, 0) is 0 Å². The highest BCUT2D eigenvalue weighted by Gasteiger charge is 2.18. The second-order valence-electron chi connectivity index (χ2n) is 6.28. The fraction of sp³-hybridized carbons (Fsp3) is 0. The second kappa shape index (κ2) is 6.14. The monoisotopic (exact) mass is 363 g/mol. The number of benzene rings is 1. The highest BCUT2D eigenvalue weighted by molar-refractivity contribution is 5.87. The predicted octanol–water partition coefficient (Wildman–Crippen LogP) is 3.46. The van der Waals surface area contributed by atoms with E-state index in [1.54, 1.807) is 10.7 Å². The Morgan fingerprint density at radius 1 is 0.964 bits per heavy atom. The summed E-state index contributed by atoms with van der Waals surface area (Å²) in [5, 5.41) is 14.9. The van der Waals surface area contributed by atoms with Crippen molar-refractivity contribution in [3.8, 4) is 28.7 Å². The maximum Gasteiger partial charge on any atom is 0.183 e. The van der Waals surface area contributed by atoms with Gasteiger partial charge >= 0.3 is 0 Å². The molecule has 4 aromatic heterocycles. The molecule has 7 heteroatoms. The van der Waals surface area contributed by atoms with Crippen LogP contribution in [0, 0.1) is 11.3 Å². The Labute approximate surface area is 159 Å². The number of pyridine rings is 2. The van der Waals surface area contributed by atoms with E-state index in [-0.39, 0.29) is 11.5 Å². The van der Waals surface area contributed by atoms with E-state index in [0.29, 0.717) is 17.1 Å². The zero-order valence-electron chi connectivity index (χ0n) is 14.6. The van der Waals surface area contributed by atoms with Crippen LogP contribution in [0.5, 0.6) is 0 Å². The van der Waals surface area contributed by atoms with Crippen molar-refractivity contribution >= 4 is 22.2 Å². The molecule has 0 radical (unpaired) electrons. The molecule has 2 N–H and O–H groups in total. The number of nitriles is 1. The van der Waals surface area contributed by atoms with Crippen LogP contribution in [0.4, 0.5) is 5.82 Å². The van der Waals surface area contributed by atoms with Crippen molar-refractivity contribution < 1.29 is 0 Å². The Hall–Kier alpha value is -4.31. The molecule has 4 heterocycles.